The van der Waals surface area contributed by atoms with Crippen LogP contribution >= 0.6 is 0 Å². The Morgan fingerprint density at radius 2 is 1.30 bits per heavy atom. The molecule has 4 atom stereocenters. The fourth-order valence-corrected chi connectivity index (χ4v) is 6.10. The van der Waals surface area contributed by atoms with Crippen molar-refractivity contribution in [3.8, 4) is 0 Å². The van der Waals surface area contributed by atoms with Crippen molar-refractivity contribution < 1.29 is 9.75 Å². The van der Waals surface area contributed by atoms with Gasteiger partial charge in [0.15, 0.2) is 11.6 Å². The van der Waals surface area contributed by atoms with Crippen LogP contribution in [-0.2, 0) is 5.60 Å². The highest BCUT2D eigenvalue weighted by Gasteiger charge is 2.57. The molecule has 3 nitrogen and oxygen atoms in total. The smallest absolute Gasteiger partial charge is 0.171 e. The summed E-state index contributed by atoms with van der Waals surface area (Å²) in [5.41, 5.74) is 1.05. The van der Waals surface area contributed by atoms with Gasteiger partial charge in [-0.15, -0.1) is 0 Å². The minimum atomic E-state index is -1.41. The molecule has 0 unspecified atom stereocenters. The summed E-state index contributed by atoms with van der Waals surface area (Å²) in [7, 11) is 0. The molecule has 0 spiro atoms. The lowest BCUT2D eigenvalue weighted by Gasteiger charge is -2.55. The van der Waals surface area contributed by atoms with Gasteiger partial charge >= 0.3 is 0 Å². The average Bonchev–Trinajstić information content (AvgIpc) is 3.40. The fraction of sp³-hybridized carbons (Fsp3) is 0.333. The highest BCUT2D eigenvalue weighted by atomic mass is 16.6. The number of nitrogens with zero attached hydrogens (tertiary/aromatic N) is 1. The number of hydrogen-bond acceptors (Lipinski definition) is 2. The van der Waals surface area contributed by atoms with Crippen LogP contribution in [0, 0.1) is 11.1 Å². The van der Waals surface area contributed by atoms with E-state index >= 15 is 0 Å². The van der Waals surface area contributed by atoms with Gasteiger partial charge in [0.1, 0.15) is 0 Å². The zero-order chi connectivity index (χ0) is 20.6. The summed E-state index contributed by atoms with van der Waals surface area (Å²) in [5.74, 6) is 0.476. The van der Waals surface area contributed by atoms with E-state index in [9.17, 15) is 10.3 Å². The zero-order valence-electron chi connectivity index (χ0n) is 17.2. The van der Waals surface area contributed by atoms with E-state index in [4.69, 9.17) is 0 Å². The third-order valence-corrected chi connectivity index (χ3v) is 7.41. The van der Waals surface area contributed by atoms with Gasteiger partial charge in [-0.2, -0.15) is 0 Å². The van der Waals surface area contributed by atoms with Crippen molar-refractivity contribution in [2.75, 3.05) is 6.54 Å². The predicted molar refractivity (Wildman–Crippen MR) is 119 cm³/mol. The molecule has 0 aromatic heterocycles. The van der Waals surface area contributed by atoms with E-state index in [0.717, 1.165) is 42.4 Å². The first-order chi connectivity index (χ1) is 14.6. The van der Waals surface area contributed by atoms with Crippen molar-refractivity contribution >= 4 is 0 Å². The van der Waals surface area contributed by atoms with E-state index in [0.29, 0.717) is 12.5 Å². The Hall–Kier alpha value is -2.46. The number of fused-ring (bicyclic) bond motifs is 1. The summed E-state index contributed by atoms with van der Waals surface area (Å²) in [5, 5.41) is 27.4. The first-order valence-electron chi connectivity index (χ1n) is 11.1. The maximum Gasteiger partial charge on any atom is 0.171 e. The van der Waals surface area contributed by atoms with Gasteiger partial charge in [0.2, 0.25) is 0 Å². The molecule has 1 aliphatic heterocycles. The van der Waals surface area contributed by atoms with Crippen molar-refractivity contribution in [1.29, 1.82) is 0 Å². The number of aliphatic hydroxyl groups is 1. The number of quaternary nitrogens is 1. The van der Waals surface area contributed by atoms with E-state index < -0.39 is 11.6 Å². The molecule has 0 amide bonds. The molecule has 1 saturated heterocycles. The molecule has 2 fully saturated rings. The van der Waals surface area contributed by atoms with Gasteiger partial charge in [-0.05, 0) is 24.0 Å². The lowest BCUT2D eigenvalue weighted by molar-refractivity contribution is -0.931. The topological polar surface area (TPSA) is 43.3 Å². The Morgan fingerprint density at radius 1 is 0.767 bits per heavy atom. The van der Waals surface area contributed by atoms with Gasteiger partial charge in [-0.3, -0.25) is 0 Å². The molecular formula is C27H29NO2. The van der Waals surface area contributed by atoms with Gasteiger partial charge < -0.3 is 15.0 Å². The molecule has 3 aromatic carbocycles. The van der Waals surface area contributed by atoms with Crippen LogP contribution in [0.5, 0.6) is 0 Å². The summed E-state index contributed by atoms with van der Waals surface area (Å²) < 4.78 is -0.338. The summed E-state index contributed by atoms with van der Waals surface area (Å²) >= 11 is 0. The summed E-state index contributed by atoms with van der Waals surface area (Å²) in [6.07, 6.45) is 4.17. The number of benzene rings is 3. The Balaban J connectivity index is 1.76. The summed E-state index contributed by atoms with van der Waals surface area (Å²) in [4.78, 5) is 0. The first kappa shape index (κ1) is 19.5. The Bertz CT molecular complexity index is 936. The third-order valence-electron chi connectivity index (χ3n) is 7.41. The number of rotatable bonds is 5. The highest BCUT2D eigenvalue weighted by molar-refractivity contribution is 5.40. The molecule has 0 radical (unpaired) electrons. The standard InChI is InChI=1S/C27H29NO2/c29-27(23-14-6-2-7-15-23,24-16-8-3-9-17-24)26(22-11-4-1-5-12-22)28(30)20-19-21-13-10-18-25(21)28/h1-9,11-12,14-17,21,25-26,29H,10,13,18-20H2/t21-,25-,26-,28-/m0/s1. The fourth-order valence-electron chi connectivity index (χ4n) is 6.10. The Morgan fingerprint density at radius 3 is 1.87 bits per heavy atom. The maximum absolute atomic E-state index is 14.8. The summed E-state index contributed by atoms with van der Waals surface area (Å²) in [6, 6.07) is 28.9. The molecule has 1 aliphatic carbocycles. The van der Waals surface area contributed by atoms with Crippen LogP contribution in [0.2, 0.25) is 0 Å². The minimum absolute atomic E-state index is 0.0640. The second-order valence-corrected chi connectivity index (χ2v) is 8.94. The van der Waals surface area contributed by atoms with Crippen molar-refractivity contribution in [1.82, 2.24) is 0 Å². The second-order valence-electron chi connectivity index (χ2n) is 8.94. The Labute approximate surface area is 178 Å². The Kier molecular flexibility index (Phi) is 4.98. The predicted octanol–water partition coefficient (Wildman–Crippen LogP) is 5.55. The van der Waals surface area contributed by atoms with Gasteiger partial charge in [-0.1, -0.05) is 91.0 Å². The lowest BCUT2D eigenvalue weighted by atomic mass is 9.76. The van der Waals surface area contributed by atoms with Crippen LogP contribution in [0.3, 0.4) is 0 Å². The molecule has 1 heterocycles. The van der Waals surface area contributed by atoms with E-state index in [1.54, 1.807) is 0 Å². The molecule has 5 rings (SSSR count). The van der Waals surface area contributed by atoms with Crippen molar-refractivity contribution in [2.24, 2.45) is 5.92 Å². The molecule has 2 aliphatic rings. The van der Waals surface area contributed by atoms with Gasteiger partial charge in [0.25, 0.3) is 0 Å². The van der Waals surface area contributed by atoms with Crippen molar-refractivity contribution in [3.05, 3.63) is 113 Å². The number of hydroxylamine groups is 3. The highest BCUT2D eigenvalue weighted by Crippen LogP contribution is 2.54. The SMILES string of the molecule is [O-][N@@+]1([C@@H](c2ccccc2)C(O)(c2ccccc2)c2ccccc2)CC[C@@H]2CCC[C@@H]21. The van der Waals surface area contributed by atoms with Crippen LogP contribution in [0.15, 0.2) is 91.0 Å². The zero-order valence-corrected chi connectivity index (χ0v) is 17.2. The number of likely N-dealkylation sites (tertiary alicyclic amines) is 1. The second kappa shape index (κ2) is 7.66. The monoisotopic (exact) mass is 399 g/mol. The summed E-state index contributed by atoms with van der Waals surface area (Å²) in [6.45, 7) is 0.566. The third kappa shape index (κ3) is 3.01. The minimum Gasteiger partial charge on any atom is -0.632 e. The molecule has 154 valence electrons. The van der Waals surface area contributed by atoms with Crippen LogP contribution in [0.4, 0.5) is 0 Å². The van der Waals surface area contributed by atoms with E-state index in [-0.39, 0.29) is 10.7 Å². The molecular weight excluding hydrogens is 370 g/mol. The lowest BCUT2D eigenvalue weighted by Crippen LogP contribution is -2.57. The first-order valence-corrected chi connectivity index (χ1v) is 11.1. The maximum atomic E-state index is 14.8. The largest absolute Gasteiger partial charge is 0.632 e. The van der Waals surface area contributed by atoms with Crippen LogP contribution in [0.25, 0.3) is 0 Å². The van der Waals surface area contributed by atoms with Crippen LogP contribution < -0.4 is 0 Å². The quantitative estimate of drug-likeness (QED) is 0.451. The van der Waals surface area contributed by atoms with Gasteiger partial charge in [0.05, 0.1) is 12.6 Å². The van der Waals surface area contributed by atoms with E-state index in [1.165, 1.54) is 0 Å². The normalized spacial score (nSPS) is 27.0. The molecule has 3 heteroatoms. The van der Waals surface area contributed by atoms with E-state index in [1.807, 2.05) is 91.0 Å². The van der Waals surface area contributed by atoms with Crippen molar-refractivity contribution in [3.63, 3.8) is 0 Å². The van der Waals surface area contributed by atoms with E-state index in [2.05, 4.69) is 0 Å². The molecule has 30 heavy (non-hydrogen) atoms. The molecule has 1 N–H and O–H groups in total. The molecule has 1 saturated carbocycles. The average molecular weight is 400 g/mol. The molecule has 0 bridgehead atoms. The van der Waals surface area contributed by atoms with Crippen molar-refractivity contribution in [2.45, 2.75) is 43.4 Å². The van der Waals surface area contributed by atoms with Gasteiger partial charge in [0, 0.05) is 24.3 Å². The molecule has 3 aromatic rings. The van der Waals surface area contributed by atoms with Crippen LogP contribution in [-0.4, -0.2) is 22.3 Å². The number of hydrogen-bond donors (Lipinski definition) is 1. The van der Waals surface area contributed by atoms with Gasteiger partial charge in [-0.25, -0.2) is 0 Å². The van der Waals surface area contributed by atoms with Crippen LogP contribution in [0.1, 0.15) is 48.4 Å².